The number of hydrogen-bond acceptors (Lipinski definition) is 10. The second-order valence-corrected chi connectivity index (χ2v) is 10.8. The van der Waals surface area contributed by atoms with Crippen LogP contribution in [-0.4, -0.2) is 42.9 Å². The molecule has 10 nitrogen and oxygen atoms in total. The largest absolute Gasteiger partial charge is 0.402 e. The van der Waals surface area contributed by atoms with Gasteiger partial charge in [0.1, 0.15) is 17.3 Å². The molecule has 5 aromatic rings. The van der Waals surface area contributed by atoms with Crippen LogP contribution < -0.4 is 10.6 Å². The predicted molar refractivity (Wildman–Crippen MR) is 152 cm³/mol. The average molecular weight is 567 g/mol. The number of para-hydroxylation sites is 1. The number of aliphatic imine (C=N–C) groups is 1. The van der Waals surface area contributed by atoms with Gasteiger partial charge in [0.2, 0.25) is 6.17 Å². The molecule has 0 spiro atoms. The molecule has 204 valence electrons. The van der Waals surface area contributed by atoms with Crippen LogP contribution in [-0.2, 0) is 11.2 Å². The third kappa shape index (κ3) is 4.86. The zero-order valence-electron chi connectivity index (χ0n) is 21.8. The van der Waals surface area contributed by atoms with Gasteiger partial charge in [-0.25, -0.2) is 24.3 Å². The Morgan fingerprint density at radius 3 is 2.61 bits per heavy atom. The molecular weight excluding hydrogens is 543 g/mol. The van der Waals surface area contributed by atoms with Crippen molar-refractivity contribution in [1.82, 2.24) is 25.1 Å². The van der Waals surface area contributed by atoms with Gasteiger partial charge in [-0.15, -0.1) is 16.4 Å². The Bertz CT molecular complexity index is 1780. The average Bonchev–Trinajstić information content (AvgIpc) is 3.63. The van der Waals surface area contributed by atoms with E-state index in [1.165, 1.54) is 17.4 Å². The topological polar surface area (TPSA) is 131 Å². The maximum Gasteiger partial charge on any atom is 0.317 e. The van der Waals surface area contributed by atoms with Gasteiger partial charge in [0.25, 0.3) is 11.8 Å². The summed E-state index contributed by atoms with van der Waals surface area (Å²) < 4.78 is 20.7. The molecule has 1 aliphatic carbocycles. The number of nitrogens with one attached hydrogen (secondary N) is 2. The Labute approximate surface area is 237 Å². The minimum Gasteiger partial charge on any atom is -0.402 e. The van der Waals surface area contributed by atoms with E-state index >= 15 is 0 Å². The van der Waals surface area contributed by atoms with E-state index in [4.69, 9.17) is 9.40 Å². The molecule has 0 unspecified atom stereocenters. The van der Waals surface area contributed by atoms with E-state index in [1.807, 2.05) is 37.3 Å². The zero-order valence-corrected chi connectivity index (χ0v) is 22.7. The molecular formula is C29H23FN8O2S. The van der Waals surface area contributed by atoms with Crippen LogP contribution in [0.4, 0.5) is 16.1 Å². The number of carbonyl (C=O) groups is 1. The summed E-state index contributed by atoms with van der Waals surface area (Å²) in [5, 5.41) is 14.8. The highest BCUT2D eigenvalue weighted by atomic mass is 32.1. The molecule has 12 heteroatoms. The highest BCUT2D eigenvalue weighted by Gasteiger charge is 2.30. The van der Waals surface area contributed by atoms with Gasteiger partial charge < -0.3 is 15.1 Å². The van der Waals surface area contributed by atoms with E-state index in [0.29, 0.717) is 22.9 Å². The fourth-order valence-corrected chi connectivity index (χ4v) is 5.55. The first kappa shape index (κ1) is 25.1. The van der Waals surface area contributed by atoms with Gasteiger partial charge in [0, 0.05) is 35.0 Å². The number of amides is 1. The molecule has 2 N–H and O–H groups in total. The van der Waals surface area contributed by atoms with Crippen LogP contribution in [0.25, 0.3) is 22.0 Å². The molecule has 2 aliphatic rings. The Hall–Kier alpha value is -4.84. The second-order valence-electron chi connectivity index (χ2n) is 9.70. The second kappa shape index (κ2) is 10.3. The minimum absolute atomic E-state index is 0.0277. The van der Waals surface area contributed by atoms with Gasteiger partial charge in [-0.05, 0) is 25.3 Å². The first-order chi connectivity index (χ1) is 20.1. The molecule has 0 saturated heterocycles. The lowest BCUT2D eigenvalue weighted by Crippen LogP contribution is -2.32. The Morgan fingerprint density at radius 1 is 1.05 bits per heavy atom. The molecule has 1 saturated carbocycles. The van der Waals surface area contributed by atoms with Crippen LogP contribution in [0.5, 0.6) is 0 Å². The van der Waals surface area contributed by atoms with Crippen molar-refractivity contribution in [2.45, 2.75) is 38.3 Å². The lowest BCUT2D eigenvalue weighted by atomic mass is 10.0. The molecule has 1 fully saturated rings. The third-order valence-electron chi connectivity index (χ3n) is 6.81. The van der Waals surface area contributed by atoms with E-state index in [2.05, 4.69) is 35.8 Å². The number of benzene rings is 2. The fourth-order valence-electron chi connectivity index (χ4n) is 4.58. The summed E-state index contributed by atoms with van der Waals surface area (Å²) in [4.78, 5) is 32.5. The third-order valence-corrected chi connectivity index (χ3v) is 8.06. The molecule has 41 heavy (non-hydrogen) atoms. The number of fused-ring (bicyclic) bond motifs is 1. The summed E-state index contributed by atoms with van der Waals surface area (Å²) in [5.74, 6) is 0.366. The number of benzodiazepines with no additional fused rings is 1. The van der Waals surface area contributed by atoms with Gasteiger partial charge >= 0.3 is 6.01 Å². The number of halogens is 1. The first-order valence-electron chi connectivity index (χ1n) is 13.2. The molecule has 7 rings (SSSR count). The molecule has 0 radical (unpaired) electrons. The summed E-state index contributed by atoms with van der Waals surface area (Å²) in [5.41, 5.74) is 3.03. The molecule has 1 amide bonds. The Kier molecular flexibility index (Phi) is 6.31. The van der Waals surface area contributed by atoms with E-state index in [9.17, 15) is 9.18 Å². The van der Waals surface area contributed by atoms with Crippen LogP contribution in [0.15, 0.2) is 70.3 Å². The number of nitrogens with zero attached hydrogens (tertiary/aromatic N) is 6. The number of aromatic nitrogens is 5. The van der Waals surface area contributed by atoms with Gasteiger partial charge in [-0.1, -0.05) is 54.5 Å². The number of carbonyl (C=O) groups excluding carboxylic acids is 1. The quantitative estimate of drug-likeness (QED) is 0.266. The van der Waals surface area contributed by atoms with Crippen LogP contribution >= 0.6 is 11.3 Å². The molecule has 4 heterocycles. The molecule has 1 aliphatic heterocycles. The van der Waals surface area contributed by atoms with Crippen molar-refractivity contribution in [1.29, 1.82) is 0 Å². The number of hydrogen-bond donors (Lipinski definition) is 2. The molecule has 0 bridgehead atoms. The first-order valence-corrected chi connectivity index (χ1v) is 14.0. The maximum atomic E-state index is 14.8. The molecule has 3 aromatic heterocycles. The number of aryl methyl sites for hydroxylation is 1. The van der Waals surface area contributed by atoms with Gasteiger partial charge in [-0.3, -0.25) is 4.79 Å². The van der Waals surface area contributed by atoms with Gasteiger partial charge in [0.05, 0.1) is 21.3 Å². The monoisotopic (exact) mass is 566 g/mol. The lowest BCUT2D eigenvalue weighted by molar-refractivity contribution is -0.116. The molecule has 1 atom stereocenters. The Balaban J connectivity index is 1.21. The highest BCUT2D eigenvalue weighted by Crippen LogP contribution is 2.40. The smallest absolute Gasteiger partial charge is 0.317 e. The summed E-state index contributed by atoms with van der Waals surface area (Å²) in [7, 11) is 0. The summed E-state index contributed by atoms with van der Waals surface area (Å²) >= 11 is 1.52. The lowest BCUT2D eigenvalue weighted by Gasteiger charge is -2.11. The summed E-state index contributed by atoms with van der Waals surface area (Å²) in [6.07, 6.45) is 5.42. The highest BCUT2D eigenvalue weighted by molar-refractivity contribution is 7.15. The van der Waals surface area contributed by atoms with E-state index in [-0.39, 0.29) is 17.6 Å². The van der Waals surface area contributed by atoms with Crippen LogP contribution in [0.1, 0.15) is 47.6 Å². The van der Waals surface area contributed by atoms with Crippen molar-refractivity contribution in [2.24, 2.45) is 4.99 Å². The van der Waals surface area contributed by atoms with Crippen molar-refractivity contribution >= 4 is 34.7 Å². The fraction of sp³-hybridized carbons (Fsp3) is 0.207. The van der Waals surface area contributed by atoms with Crippen LogP contribution in [0, 0.1) is 5.82 Å². The predicted octanol–water partition coefficient (Wildman–Crippen LogP) is 5.46. The zero-order chi connectivity index (χ0) is 27.9. The normalized spacial score (nSPS) is 16.5. The minimum atomic E-state index is -1.17. The summed E-state index contributed by atoms with van der Waals surface area (Å²) in [6, 6.07) is 13.8. The van der Waals surface area contributed by atoms with Crippen LogP contribution in [0.3, 0.4) is 0 Å². The van der Waals surface area contributed by atoms with Crippen molar-refractivity contribution in [3.05, 3.63) is 88.7 Å². The SMILES string of the molecule is CCc1nc(-c2nnc(N[C@@H]3N=C(c4ccccc4)c4cccc(F)c4NC3=O)o2)c(-c2cnc(C3CC3)nc2)s1. The number of anilines is 2. The summed E-state index contributed by atoms with van der Waals surface area (Å²) in [6.45, 7) is 2.02. The standard InChI is InChI=1S/C29H23FN8O2S/c1-2-20-33-23(24(41-20)17-13-31-25(32-14-17)16-11-12-16)28-37-38-29(40-28)36-26-27(39)35-22-18(9-6-10-19(22)30)21(34-26)15-7-4-3-5-8-15/h3-10,13-14,16,26H,2,11-12H2,1H3,(H,35,39)(H,36,38)/t26-/m0/s1. The Morgan fingerprint density at radius 2 is 1.85 bits per heavy atom. The van der Waals surface area contributed by atoms with E-state index < -0.39 is 17.9 Å². The van der Waals surface area contributed by atoms with Crippen molar-refractivity contribution in [2.75, 3.05) is 10.6 Å². The number of thiazole rings is 1. The number of rotatable bonds is 7. The van der Waals surface area contributed by atoms with Gasteiger partial charge in [-0.2, -0.15) is 0 Å². The van der Waals surface area contributed by atoms with E-state index in [0.717, 1.165) is 46.1 Å². The van der Waals surface area contributed by atoms with Crippen molar-refractivity contribution < 1.29 is 13.6 Å². The van der Waals surface area contributed by atoms with Crippen LogP contribution in [0.2, 0.25) is 0 Å². The van der Waals surface area contributed by atoms with E-state index in [1.54, 1.807) is 24.5 Å². The van der Waals surface area contributed by atoms with Crippen molar-refractivity contribution in [3.8, 4) is 22.0 Å². The molecule has 2 aromatic carbocycles. The van der Waals surface area contributed by atoms with Gasteiger partial charge in [0.15, 0.2) is 0 Å². The van der Waals surface area contributed by atoms with Crippen molar-refractivity contribution in [3.63, 3.8) is 0 Å². The maximum absolute atomic E-state index is 14.8.